The monoisotopic (exact) mass is 502 g/mol. The highest BCUT2D eigenvalue weighted by atomic mass is 16.5. The Kier molecular flexibility index (Phi) is 5.62. The first-order valence-electron chi connectivity index (χ1n) is 12.5. The minimum Gasteiger partial charge on any atom is -0.503 e. The Morgan fingerprint density at radius 3 is 2.59 bits per heavy atom. The maximum atomic E-state index is 14.1. The van der Waals surface area contributed by atoms with Crippen LogP contribution < -0.4 is 9.80 Å². The lowest BCUT2D eigenvalue weighted by molar-refractivity contribution is -0.908. The normalized spacial score (nSPS) is 22.1. The number of ether oxygens (including phenoxy) is 1. The van der Waals surface area contributed by atoms with Gasteiger partial charge in [-0.3, -0.25) is 14.4 Å². The number of para-hydroxylation sites is 2. The first-order valence-corrected chi connectivity index (χ1v) is 12.5. The number of nitrogens with zero attached hydrogens (tertiary/aromatic N) is 2. The van der Waals surface area contributed by atoms with E-state index in [-0.39, 0.29) is 17.9 Å². The van der Waals surface area contributed by atoms with Gasteiger partial charge in [0.25, 0.3) is 11.8 Å². The number of morpholine rings is 1. The molecule has 0 radical (unpaired) electrons. The van der Waals surface area contributed by atoms with Crippen molar-refractivity contribution in [2.24, 2.45) is 0 Å². The molecular formula is C28H28N3O6+. The van der Waals surface area contributed by atoms with Crippen LogP contribution in [0, 0.1) is 0 Å². The van der Waals surface area contributed by atoms with Crippen molar-refractivity contribution in [2.45, 2.75) is 12.0 Å². The van der Waals surface area contributed by atoms with Crippen molar-refractivity contribution in [3.63, 3.8) is 0 Å². The average Bonchev–Trinajstić information content (AvgIpc) is 3.52. The standard InChI is InChI=1S/C28H27N3O6/c1-29-20-9-4-3-8-19(20)28(27(29)35)23(24(32)22-17-18-7-2-5-10-21(18)37-22)25(33)26(34)31(28)12-6-11-30-13-15-36-16-14-30/h2-5,7-10,17,33H,6,11-16H2,1H3/p+1/t28-/m0/s1. The molecule has 190 valence electrons. The summed E-state index contributed by atoms with van der Waals surface area (Å²) in [5.41, 5.74) is -0.420. The van der Waals surface area contributed by atoms with Gasteiger partial charge in [-0.25, -0.2) is 0 Å². The highest BCUT2D eigenvalue weighted by Gasteiger charge is 2.65. The van der Waals surface area contributed by atoms with Gasteiger partial charge in [-0.1, -0.05) is 36.4 Å². The molecule has 0 saturated carbocycles. The van der Waals surface area contributed by atoms with Crippen LogP contribution in [-0.4, -0.2) is 74.0 Å². The largest absolute Gasteiger partial charge is 0.503 e. The summed E-state index contributed by atoms with van der Waals surface area (Å²) in [6, 6.07) is 15.8. The van der Waals surface area contributed by atoms with Gasteiger partial charge in [0, 0.05) is 36.7 Å². The van der Waals surface area contributed by atoms with Crippen LogP contribution >= 0.6 is 0 Å². The predicted molar refractivity (Wildman–Crippen MR) is 134 cm³/mol. The van der Waals surface area contributed by atoms with Crippen LogP contribution in [0.15, 0.2) is 70.3 Å². The third kappa shape index (κ3) is 3.42. The van der Waals surface area contributed by atoms with Gasteiger partial charge in [-0.15, -0.1) is 0 Å². The topological polar surface area (TPSA) is 105 Å². The number of carbonyl (C=O) groups is 3. The molecule has 1 spiro atoms. The van der Waals surface area contributed by atoms with Crippen LogP contribution in [0.2, 0.25) is 0 Å². The Bertz CT molecular complexity index is 1420. The lowest BCUT2D eigenvalue weighted by Crippen LogP contribution is -3.14. The Hall–Kier alpha value is -3.95. The van der Waals surface area contributed by atoms with E-state index >= 15 is 0 Å². The van der Waals surface area contributed by atoms with E-state index in [9.17, 15) is 19.5 Å². The number of nitrogens with one attached hydrogen (secondary N) is 1. The second kappa shape index (κ2) is 8.86. The number of hydrogen-bond acceptors (Lipinski definition) is 6. The number of rotatable bonds is 6. The molecule has 1 atom stereocenters. The zero-order valence-electron chi connectivity index (χ0n) is 20.5. The molecule has 0 unspecified atom stereocenters. The predicted octanol–water partition coefficient (Wildman–Crippen LogP) is 1.45. The maximum absolute atomic E-state index is 14.1. The number of Topliss-reactive ketones (excluding diaryl/α,β-unsaturated/α-hetero) is 1. The summed E-state index contributed by atoms with van der Waals surface area (Å²) in [6.07, 6.45) is 0.599. The van der Waals surface area contributed by atoms with Crippen molar-refractivity contribution in [3.8, 4) is 0 Å². The lowest BCUT2D eigenvalue weighted by atomic mass is 9.81. The van der Waals surface area contributed by atoms with Gasteiger partial charge < -0.3 is 29.0 Å². The number of aliphatic hydroxyl groups excluding tert-OH is 1. The Morgan fingerprint density at radius 1 is 1.08 bits per heavy atom. The summed E-state index contributed by atoms with van der Waals surface area (Å²) < 4.78 is 11.2. The van der Waals surface area contributed by atoms with E-state index in [0.29, 0.717) is 41.9 Å². The van der Waals surface area contributed by atoms with Gasteiger partial charge >= 0.3 is 0 Å². The molecule has 3 aliphatic rings. The Labute approximate surface area is 213 Å². The summed E-state index contributed by atoms with van der Waals surface area (Å²) in [5.74, 6) is -2.60. The number of carbonyl (C=O) groups excluding carboxylic acids is 3. The molecule has 1 fully saturated rings. The van der Waals surface area contributed by atoms with Gasteiger partial charge in [-0.2, -0.15) is 0 Å². The molecule has 9 nitrogen and oxygen atoms in total. The van der Waals surface area contributed by atoms with E-state index in [1.807, 2.05) is 12.1 Å². The number of hydrogen-bond donors (Lipinski definition) is 2. The highest BCUT2D eigenvalue weighted by molar-refractivity contribution is 6.26. The summed E-state index contributed by atoms with van der Waals surface area (Å²) >= 11 is 0. The first kappa shape index (κ1) is 23.4. The number of likely N-dealkylation sites (N-methyl/N-ethyl adjacent to an activating group) is 1. The van der Waals surface area contributed by atoms with Gasteiger partial charge in [0.1, 0.15) is 18.7 Å². The molecule has 2 amide bonds. The van der Waals surface area contributed by atoms with Crippen molar-refractivity contribution >= 4 is 34.3 Å². The number of furan rings is 1. The van der Waals surface area contributed by atoms with E-state index in [1.54, 1.807) is 49.5 Å². The summed E-state index contributed by atoms with van der Waals surface area (Å²) in [5, 5.41) is 11.9. The molecule has 0 aliphatic carbocycles. The summed E-state index contributed by atoms with van der Waals surface area (Å²) in [4.78, 5) is 45.8. The zero-order chi connectivity index (χ0) is 25.7. The molecule has 3 aromatic rings. The molecule has 1 saturated heterocycles. The average molecular weight is 503 g/mol. The van der Waals surface area contributed by atoms with Gasteiger partial charge in [0.2, 0.25) is 5.78 Å². The van der Waals surface area contributed by atoms with Crippen LogP contribution in [-0.2, 0) is 19.9 Å². The van der Waals surface area contributed by atoms with Gasteiger partial charge in [0.15, 0.2) is 17.1 Å². The van der Waals surface area contributed by atoms with Crippen molar-refractivity contribution in [1.29, 1.82) is 0 Å². The first-order chi connectivity index (χ1) is 17.9. The van der Waals surface area contributed by atoms with E-state index in [0.717, 1.165) is 19.6 Å². The van der Waals surface area contributed by atoms with Crippen LogP contribution in [0.4, 0.5) is 5.69 Å². The van der Waals surface area contributed by atoms with Crippen LogP contribution in [0.25, 0.3) is 11.0 Å². The molecule has 1 aromatic heterocycles. The smallest absolute Gasteiger partial charge is 0.290 e. The second-order valence-corrected chi connectivity index (χ2v) is 9.72. The molecule has 4 heterocycles. The number of quaternary nitrogens is 1. The molecule has 2 N–H and O–H groups in total. The van der Waals surface area contributed by atoms with Crippen LogP contribution in [0.1, 0.15) is 22.5 Å². The number of fused-ring (bicyclic) bond motifs is 3. The molecule has 37 heavy (non-hydrogen) atoms. The number of benzene rings is 2. The molecule has 2 aromatic carbocycles. The van der Waals surface area contributed by atoms with Gasteiger partial charge in [-0.05, 0) is 18.2 Å². The van der Waals surface area contributed by atoms with E-state index in [2.05, 4.69) is 0 Å². The Morgan fingerprint density at radius 2 is 1.81 bits per heavy atom. The minimum atomic E-state index is -1.76. The van der Waals surface area contributed by atoms with Gasteiger partial charge in [0.05, 0.1) is 25.3 Å². The second-order valence-electron chi connectivity index (χ2n) is 9.72. The molecule has 0 bridgehead atoms. The van der Waals surface area contributed by atoms with Crippen LogP contribution in [0.3, 0.4) is 0 Å². The Balaban J connectivity index is 1.44. The van der Waals surface area contributed by atoms with E-state index < -0.39 is 28.9 Å². The van der Waals surface area contributed by atoms with Crippen molar-refractivity contribution in [1.82, 2.24) is 4.90 Å². The quantitative estimate of drug-likeness (QED) is 0.495. The third-order valence-electron chi connectivity index (χ3n) is 7.71. The maximum Gasteiger partial charge on any atom is 0.290 e. The molecule has 6 rings (SSSR count). The van der Waals surface area contributed by atoms with Crippen molar-refractivity contribution < 1.29 is 33.5 Å². The highest BCUT2D eigenvalue weighted by Crippen LogP contribution is 2.53. The number of anilines is 1. The zero-order valence-corrected chi connectivity index (χ0v) is 20.5. The van der Waals surface area contributed by atoms with Crippen molar-refractivity contribution in [2.75, 3.05) is 51.3 Å². The lowest BCUT2D eigenvalue weighted by Gasteiger charge is -2.35. The summed E-state index contributed by atoms with van der Waals surface area (Å²) in [7, 11) is 1.62. The minimum absolute atomic E-state index is 0.0330. The molecule has 3 aliphatic heterocycles. The number of amides is 2. The fraction of sp³-hybridized carbons (Fsp3) is 0.321. The number of aliphatic hydroxyl groups is 1. The SMILES string of the molecule is CN1C(=O)[C@@]2(C(C(=O)c3cc4ccccc4o3)=C(O)C(=O)N2CCC[NH+]2CCOCC2)c2ccccc21. The fourth-order valence-electron chi connectivity index (χ4n) is 5.89. The van der Waals surface area contributed by atoms with Crippen molar-refractivity contribution in [3.05, 3.63) is 77.3 Å². The van der Waals surface area contributed by atoms with E-state index in [1.165, 1.54) is 14.7 Å². The molecule has 9 heteroatoms. The van der Waals surface area contributed by atoms with E-state index in [4.69, 9.17) is 9.15 Å². The molecular weight excluding hydrogens is 474 g/mol. The summed E-state index contributed by atoms with van der Waals surface area (Å²) in [6.45, 7) is 4.13. The van der Waals surface area contributed by atoms with Crippen LogP contribution in [0.5, 0.6) is 0 Å². The number of ketones is 1. The fourth-order valence-corrected chi connectivity index (χ4v) is 5.89. The third-order valence-corrected chi connectivity index (χ3v) is 7.71.